The van der Waals surface area contributed by atoms with Crippen LogP contribution in [0.4, 0.5) is 0 Å². The molecule has 1 aliphatic rings. The van der Waals surface area contributed by atoms with Gasteiger partial charge in [0.1, 0.15) is 5.82 Å². The van der Waals surface area contributed by atoms with Crippen molar-refractivity contribution in [2.24, 2.45) is 0 Å². The number of H-pyrrole nitrogens is 1. The monoisotopic (exact) mass is 227 g/mol. The third-order valence-corrected chi connectivity index (χ3v) is 3.47. The smallest absolute Gasteiger partial charge is 0.112 e. The van der Waals surface area contributed by atoms with Crippen LogP contribution in [0.15, 0.2) is 24.3 Å². The number of nitrogens with zero attached hydrogens (tertiary/aromatic N) is 1. The lowest BCUT2D eigenvalue weighted by atomic mass is 10.0. The van der Waals surface area contributed by atoms with Crippen LogP contribution in [-0.2, 0) is 0 Å². The molecule has 3 heteroatoms. The van der Waals surface area contributed by atoms with Gasteiger partial charge in [0.15, 0.2) is 0 Å². The van der Waals surface area contributed by atoms with Crippen LogP contribution < -0.4 is 5.32 Å². The highest BCUT2D eigenvalue weighted by atomic mass is 15.0. The molecule has 0 unspecified atom stereocenters. The first-order chi connectivity index (χ1) is 8.25. The molecule has 1 aromatic carbocycles. The van der Waals surface area contributed by atoms with Gasteiger partial charge in [-0.25, -0.2) is 4.98 Å². The minimum Gasteiger partial charge on any atom is -0.345 e. The Morgan fingerprint density at radius 3 is 2.59 bits per heavy atom. The van der Waals surface area contributed by atoms with Crippen LogP contribution in [0.2, 0.25) is 0 Å². The maximum atomic E-state index is 4.77. The highest BCUT2D eigenvalue weighted by molar-refractivity contribution is 5.65. The molecule has 3 rings (SSSR count). The Hall–Kier alpha value is -1.61. The van der Waals surface area contributed by atoms with Gasteiger partial charge in [0, 0.05) is 30.3 Å². The van der Waals surface area contributed by atoms with Gasteiger partial charge in [-0.3, -0.25) is 0 Å². The fourth-order valence-corrected chi connectivity index (χ4v) is 2.26. The maximum Gasteiger partial charge on any atom is 0.112 e. The van der Waals surface area contributed by atoms with Crippen molar-refractivity contribution in [1.82, 2.24) is 15.3 Å². The summed E-state index contributed by atoms with van der Waals surface area (Å²) in [7, 11) is 0. The molecule has 0 bridgehead atoms. The number of nitrogens with one attached hydrogen (secondary N) is 2. The molecule has 2 N–H and O–H groups in total. The lowest BCUT2D eigenvalue weighted by Gasteiger charge is -2.24. The molecule has 1 aliphatic heterocycles. The molecule has 1 saturated heterocycles. The largest absolute Gasteiger partial charge is 0.345 e. The summed E-state index contributed by atoms with van der Waals surface area (Å²) < 4.78 is 0. The van der Waals surface area contributed by atoms with E-state index in [1.54, 1.807) is 0 Å². The second-order valence-corrected chi connectivity index (χ2v) is 4.77. The topological polar surface area (TPSA) is 40.7 Å². The van der Waals surface area contributed by atoms with Gasteiger partial charge in [-0.2, -0.15) is 0 Å². The van der Waals surface area contributed by atoms with E-state index >= 15 is 0 Å². The number of aromatic amines is 1. The van der Waals surface area contributed by atoms with Crippen LogP contribution in [0.1, 0.15) is 23.0 Å². The van der Waals surface area contributed by atoms with Gasteiger partial charge in [-0.05, 0) is 19.4 Å². The molecule has 1 aromatic heterocycles. The summed E-state index contributed by atoms with van der Waals surface area (Å²) >= 11 is 0. The standard InChI is InChI=1S/C14H17N3/c1-9-5-3-4-6-12(9)13-10(2)16-14(17-13)11-7-15-8-11/h3-6,11,15H,7-8H2,1-2H3,(H,16,17). The molecular weight excluding hydrogens is 210 g/mol. The van der Waals surface area contributed by atoms with Gasteiger partial charge in [0.2, 0.25) is 0 Å². The Kier molecular flexibility index (Phi) is 2.48. The predicted octanol–water partition coefficient (Wildman–Crippen LogP) is 2.38. The van der Waals surface area contributed by atoms with Crippen molar-refractivity contribution in [3.05, 3.63) is 41.3 Å². The van der Waals surface area contributed by atoms with Gasteiger partial charge >= 0.3 is 0 Å². The Bertz CT molecular complexity index is 538. The predicted molar refractivity (Wildman–Crippen MR) is 69.1 cm³/mol. The van der Waals surface area contributed by atoms with Crippen molar-refractivity contribution >= 4 is 0 Å². The van der Waals surface area contributed by atoms with E-state index in [1.165, 1.54) is 16.8 Å². The number of rotatable bonds is 2. The van der Waals surface area contributed by atoms with Gasteiger partial charge in [-0.15, -0.1) is 0 Å². The fraction of sp³-hybridized carbons (Fsp3) is 0.357. The SMILES string of the molecule is Cc1ccccc1-c1nc(C2CNC2)[nH]c1C. The quantitative estimate of drug-likeness (QED) is 0.827. The molecule has 0 spiro atoms. The van der Waals surface area contributed by atoms with Crippen molar-refractivity contribution in [1.29, 1.82) is 0 Å². The molecule has 0 radical (unpaired) electrons. The molecule has 0 aliphatic carbocycles. The number of hydrogen-bond acceptors (Lipinski definition) is 2. The van der Waals surface area contributed by atoms with E-state index in [1.807, 2.05) is 0 Å². The molecule has 2 aromatic rings. The minimum atomic E-state index is 0.562. The molecule has 88 valence electrons. The molecule has 0 amide bonds. The Balaban J connectivity index is 2.03. The van der Waals surface area contributed by atoms with Crippen molar-refractivity contribution < 1.29 is 0 Å². The maximum absolute atomic E-state index is 4.77. The molecule has 0 saturated carbocycles. The third-order valence-electron chi connectivity index (χ3n) is 3.47. The first-order valence-corrected chi connectivity index (χ1v) is 6.09. The average Bonchev–Trinajstić information content (AvgIpc) is 2.58. The molecule has 3 nitrogen and oxygen atoms in total. The van der Waals surface area contributed by atoms with Crippen LogP contribution in [-0.4, -0.2) is 23.1 Å². The summed E-state index contributed by atoms with van der Waals surface area (Å²) in [5.41, 5.74) is 4.78. The Labute approximate surface area is 101 Å². The molecule has 0 atom stereocenters. The number of hydrogen-bond donors (Lipinski definition) is 2. The van der Waals surface area contributed by atoms with E-state index in [0.717, 1.165) is 24.6 Å². The first-order valence-electron chi connectivity index (χ1n) is 6.09. The second-order valence-electron chi connectivity index (χ2n) is 4.77. The zero-order valence-corrected chi connectivity index (χ0v) is 10.2. The van der Waals surface area contributed by atoms with Crippen LogP contribution in [0.5, 0.6) is 0 Å². The molecular formula is C14H17N3. The lowest BCUT2D eigenvalue weighted by Crippen LogP contribution is -2.40. The van der Waals surface area contributed by atoms with E-state index in [9.17, 15) is 0 Å². The number of aromatic nitrogens is 2. The highest BCUT2D eigenvalue weighted by Gasteiger charge is 2.23. The van der Waals surface area contributed by atoms with Crippen LogP contribution in [0, 0.1) is 13.8 Å². The second kappa shape index (κ2) is 4.00. The Morgan fingerprint density at radius 2 is 1.94 bits per heavy atom. The summed E-state index contributed by atoms with van der Waals surface area (Å²) in [4.78, 5) is 8.19. The average molecular weight is 227 g/mol. The summed E-state index contributed by atoms with van der Waals surface area (Å²) in [5.74, 6) is 1.69. The van der Waals surface area contributed by atoms with Gasteiger partial charge in [0.05, 0.1) is 5.69 Å². The minimum absolute atomic E-state index is 0.562. The number of aryl methyl sites for hydroxylation is 2. The van der Waals surface area contributed by atoms with E-state index in [2.05, 4.69) is 48.4 Å². The summed E-state index contributed by atoms with van der Waals surface area (Å²) in [6, 6.07) is 8.41. The highest BCUT2D eigenvalue weighted by Crippen LogP contribution is 2.27. The zero-order chi connectivity index (χ0) is 11.8. The van der Waals surface area contributed by atoms with Gasteiger partial charge in [0.25, 0.3) is 0 Å². The van der Waals surface area contributed by atoms with E-state index in [4.69, 9.17) is 4.98 Å². The van der Waals surface area contributed by atoms with Crippen LogP contribution in [0.3, 0.4) is 0 Å². The van der Waals surface area contributed by atoms with Gasteiger partial charge < -0.3 is 10.3 Å². The van der Waals surface area contributed by atoms with Crippen molar-refractivity contribution in [2.75, 3.05) is 13.1 Å². The summed E-state index contributed by atoms with van der Waals surface area (Å²) in [6.45, 7) is 6.32. The normalized spacial score (nSPS) is 15.9. The van der Waals surface area contributed by atoms with Crippen molar-refractivity contribution in [2.45, 2.75) is 19.8 Å². The van der Waals surface area contributed by atoms with E-state index in [0.29, 0.717) is 5.92 Å². The third kappa shape index (κ3) is 1.76. The van der Waals surface area contributed by atoms with Crippen molar-refractivity contribution in [3.8, 4) is 11.3 Å². The van der Waals surface area contributed by atoms with Crippen LogP contribution in [0.25, 0.3) is 11.3 Å². The van der Waals surface area contributed by atoms with Crippen molar-refractivity contribution in [3.63, 3.8) is 0 Å². The summed E-state index contributed by atoms with van der Waals surface area (Å²) in [6.07, 6.45) is 0. The van der Waals surface area contributed by atoms with E-state index in [-0.39, 0.29) is 0 Å². The summed E-state index contributed by atoms with van der Waals surface area (Å²) in [5, 5.41) is 3.28. The lowest BCUT2D eigenvalue weighted by molar-refractivity contribution is 0.432. The molecule has 2 heterocycles. The van der Waals surface area contributed by atoms with E-state index < -0.39 is 0 Å². The van der Waals surface area contributed by atoms with Crippen LogP contribution >= 0.6 is 0 Å². The number of imidazole rings is 1. The fourth-order valence-electron chi connectivity index (χ4n) is 2.26. The first kappa shape index (κ1) is 10.5. The van der Waals surface area contributed by atoms with Gasteiger partial charge in [-0.1, -0.05) is 24.3 Å². The Morgan fingerprint density at radius 1 is 1.18 bits per heavy atom. The molecule has 17 heavy (non-hydrogen) atoms. The molecule has 1 fully saturated rings. The number of benzene rings is 1. The zero-order valence-electron chi connectivity index (χ0n) is 10.2.